The number of aryl methyl sites for hydroxylation is 1. The molecule has 0 bridgehead atoms. The van der Waals surface area contributed by atoms with Crippen LogP contribution in [-0.4, -0.2) is 43.0 Å². The molecule has 186 valence electrons. The third kappa shape index (κ3) is 5.20. The average Bonchev–Trinajstić information content (AvgIpc) is 3.16. The molecule has 0 saturated carbocycles. The third-order valence-electron chi connectivity index (χ3n) is 6.26. The van der Waals surface area contributed by atoms with Crippen LogP contribution in [0.25, 0.3) is 11.1 Å². The van der Waals surface area contributed by atoms with Gasteiger partial charge < -0.3 is 5.32 Å². The quantitative estimate of drug-likeness (QED) is 0.437. The van der Waals surface area contributed by atoms with Crippen LogP contribution in [0.4, 0.5) is 14.9 Å². The molecule has 2 aromatic heterocycles. The third-order valence-corrected chi connectivity index (χ3v) is 7.52. The minimum Gasteiger partial charge on any atom is -0.306 e. The monoisotopic (exact) mass is 499 g/mol. The molecule has 1 aliphatic rings. The number of hydrogen-bond donors (Lipinski definition) is 3. The minimum absolute atomic E-state index is 0.0202. The molecule has 4 rings (SSSR count). The molecule has 9 nitrogen and oxygen atoms in total. The van der Waals surface area contributed by atoms with Gasteiger partial charge in [-0.05, 0) is 43.0 Å². The van der Waals surface area contributed by atoms with Gasteiger partial charge in [-0.1, -0.05) is 19.9 Å². The zero-order valence-electron chi connectivity index (χ0n) is 20.2. The van der Waals surface area contributed by atoms with Crippen LogP contribution in [-0.2, 0) is 17.0 Å². The number of aromatic nitrogens is 3. The highest BCUT2D eigenvalue weighted by Crippen LogP contribution is 2.36. The van der Waals surface area contributed by atoms with Crippen LogP contribution in [0.15, 0.2) is 47.8 Å². The highest BCUT2D eigenvalue weighted by Gasteiger charge is 2.27. The predicted molar refractivity (Wildman–Crippen MR) is 133 cm³/mol. The lowest BCUT2D eigenvalue weighted by Gasteiger charge is -2.36. The Balaban J connectivity index is 1.61. The number of carbonyl (C=O) groups is 1. The number of nitrogens with one attached hydrogen (secondary N) is 3. The summed E-state index contributed by atoms with van der Waals surface area (Å²) >= 11 is 0. The fourth-order valence-electron chi connectivity index (χ4n) is 4.20. The molecule has 3 N–H and O–H groups in total. The molecule has 2 unspecified atom stereocenters. The first-order valence-electron chi connectivity index (χ1n) is 11.5. The Labute approximate surface area is 204 Å². The summed E-state index contributed by atoms with van der Waals surface area (Å²) in [6.45, 7) is 7.76. The van der Waals surface area contributed by atoms with E-state index in [1.165, 1.54) is 12.1 Å². The summed E-state index contributed by atoms with van der Waals surface area (Å²) in [5.41, 5.74) is 2.82. The van der Waals surface area contributed by atoms with E-state index in [1.807, 2.05) is 20.8 Å². The molecule has 1 fully saturated rings. The molecule has 0 aliphatic carbocycles. The highest BCUT2D eigenvalue weighted by atomic mass is 32.2. The highest BCUT2D eigenvalue weighted by molar-refractivity contribution is 7.91. The number of likely N-dealkylation sites (tertiary alicyclic amines) is 1. The summed E-state index contributed by atoms with van der Waals surface area (Å²) in [5.74, 6) is -0.557. The van der Waals surface area contributed by atoms with Crippen molar-refractivity contribution in [2.45, 2.75) is 44.2 Å². The topological polar surface area (TPSA) is 116 Å². The second kappa shape index (κ2) is 9.74. The van der Waals surface area contributed by atoms with Crippen LogP contribution in [0, 0.1) is 10.6 Å². The Kier molecular flexibility index (Phi) is 6.91. The number of urea groups is 1. The normalized spacial score (nSPS) is 16.4. The van der Waals surface area contributed by atoms with Gasteiger partial charge in [0.1, 0.15) is 5.82 Å². The van der Waals surface area contributed by atoms with Crippen LogP contribution in [0.2, 0.25) is 0 Å². The van der Waals surface area contributed by atoms with Gasteiger partial charge in [0.15, 0.2) is 14.9 Å². The number of anilines is 1. The molecule has 2 atom stereocenters. The Hall–Kier alpha value is -3.31. The molecule has 1 saturated heterocycles. The lowest BCUT2D eigenvalue weighted by atomic mass is 9.94. The van der Waals surface area contributed by atoms with Gasteiger partial charge in [-0.25, -0.2) is 22.9 Å². The van der Waals surface area contributed by atoms with Crippen LogP contribution >= 0.6 is 0 Å². The van der Waals surface area contributed by atoms with Crippen LogP contribution in [0.3, 0.4) is 0 Å². The molecule has 3 heterocycles. The van der Waals surface area contributed by atoms with Crippen LogP contribution in [0.5, 0.6) is 0 Å². The molecule has 35 heavy (non-hydrogen) atoms. The summed E-state index contributed by atoms with van der Waals surface area (Å²) in [4.78, 5) is 19.3. The number of hydrogen-bond acceptors (Lipinski definition) is 6. The van der Waals surface area contributed by atoms with Gasteiger partial charge in [-0.3, -0.25) is 14.6 Å². The molecule has 1 aromatic carbocycles. The fraction of sp³-hybridized carbons (Fsp3) is 0.375. The van der Waals surface area contributed by atoms with Gasteiger partial charge in [-0.15, -0.1) is 0 Å². The summed E-state index contributed by atoms with van der Waals surface area (Å²) in [6, 6.07) is 6.99. The minimum atomic E-state index is -3.75. The number of amides is 2. The van der Waals surface area contributed by atoms with Crippen molar-refractivity contribution in [2.75, 3.05) is 18.4 Å². The lowest BCUT2D eigenvalue weighted by molar-refractivity contribution is 0.123. The van der Waals surface area contributed by atoms with Gasteiger partial charge in [0, 0.05) is 55.8 Å². The maximum Gasteiger partial charge on any atom is 0.332 e. The molecular weight excluding hydrogens is 469 g/mol. The van der Waals surface area contributed by atoms with Gasteiger partial charge in [-0.2, -0.15) is 5.10 Å². The number of benzene rings is 1. The number of nitrogens with zero attached hydrogens (tertiary/aromatic N) is 4. The summed E-state index contributed by atoms with van der Waals surface area (Å²) in [7, 11) is -2.01. The van der Waals surface area contributed by atoms with E-state index >= 15 is 0 Å². The Morgan fingerprint density at radius 1 is 1.23 bits per heavy atom. The molecule has 1 aliphatic heterocycles. The van der Waals surface area contributed by atoms with Crippen molar-refractivity contribution in [3.63, 3.8) is 0 Å². The standard InChI is InChI=1S/C24H30FN7O2S/c1-15(2)19-11-18(25)12-20(17-7-5-8-27-14-17)23(19)28-24(33)30-35(26,34)22-13-21(31(4)29-22)16(3)32-9-6-10-32/h5,7-8,11-16H,6,9-10H2,1-4H3,(H3,26,28,30,33,34). The Bertz CT molecular complexity index is 1340. The van der Waals surface area contributed by atoms with E-state index < -0.39 is 21.8 Å². The fourth-order valence-corrected chi connectivity index (χ4v) is 5.14. The van der Waals surface area contributed by atoms with Crippen molar-refractivity contribution < 1.29 is 13.4 Å². The first-order valence-corrected chi connectivity index (χ1v) is 13.0. The van der Waals surface area contributed by atoms with E-state index in [9.17, 15) is 13.4 Å². The van der Waals surface area contributed by atoms with Crippen molar-refractivity contribution in [3.8, 4) is 11.1 Å². The predicted octanol–water partition coefficient (Wildman–Crippen LogP) is 4.65. The second-order valence-electron chi connectivity index (χ2n) is 9.02. The lowest BCUT2D eigenvalue weighted by Crippen LogP contribution is -2.39. The molecule has 3 aromatic rings. The molecule has 0 spiro atoms. The van der Waals surface area contributed by atoms with Crippen molar-refractivity contribution >= 4 is 21.6 Å². The van der Waals surface area contributed by atoms with E-state index in [0.717, 1.165) is 25.2 Å². The molecule has 0 radical (unpaired) electrons. The number of carbonyl (C=O) groups excluding carboxylic acids is 1. The summed E-state index contributed by atoms with van der Waals surface area (Å²) < 4.78 is 39.9. The van der Waals surface area contributed by atoms with Crippen molar-refractivity contribution in [2.24, 2.45) is 7.05 Å². The largest absolute Gasteiger partial charge is 0.332 e. The Morgan fingerprint density at radius 2 is 1.97 bits per heavy atom. The summed E-state index contributed by atoms with van der Waals surface area (Å²) in [6.07, 6.45) is 4.31. The Morgan fingerprint density at radius 3 is 2.57 bits per heavy atom. The maximum absolute atomic E-state index is 14.4. The van der Waals surface area contributed by atoms with Gasteiger partial charge in [0.2, 0.25) is 0 Å². The van der Waals surface area contributed by atoms with Crippen LogP contribution in [0.1, 0.15) is 50.4 Å². The summed E-state index contributed by atoms with van der Waals surface area (Å²) in [5, 5.41) is 6.94. The first kappa shape index (κ1) is 24.8. The zero-order valence-corrected chi connectivity index (χ0v) is 21.0. The molecule has 2 amide bonds. The van der Waals surface area contributed by atoms with E-state index in [0.29, 0.717) is 22.4 Å². The van der Waals surface area contributed by atoms with Gasteiger partial charge in [0.25, 0.3) is 0 Å². The van der Waals surface area contributed by atoms with Crippen molar-refractivity contribution in [1.82, 2.24) is 24.4 Å². The maximum atomic E-state index is 14.4. The van der Waals surface area contributed by atoms with Gasteiger partial charge >= 0.3 is 6.03 Å². The van der Waals surface area contributed by atoms with E-state index in [1.54, 1.807) is 42.3 Å². The van der Waals surface area contributed by atoms with Crippen LogP contribution < -0.4 is 10.0 Å². The number of halogens is 1. The second-order valence-corrected chi connectivity index (χ2v) is 10.8. The SMILES string of the molecule is CC(C)c1cc(F)cc(-c2cccnc2)c1NC(=O)NS(=N)(=O)c1cc(C(C)N2CCC2)n(C)n1. The van der Waals surface area contributed by atoms with Crippen molar-refractivity contribution in [3.05, 3.63) is 59.8 Å². The zero-order chi connectivity index (χ0) is 25.3. The molecular formula is C24H30FN7O2S. The van der Waals surface area contributed by atoms with E-state index in [4.69, 9.17) is 4.78 Å². The van der Waals surface area contributed by atoms with Gasteiger partial charge in [0.05, 0.1) is 11.4 Å². The van der Waals surface area contributed by atoms with E-state index in [2.05, 4.69) is 25.0 Å². The van der Waals surface area contributed by atoms with E-state index in [-0.39, 0.29) is 17.0 Å². The average molecular weight is 500 g/mol. The smallest absolute Gasteiger partial charge is 0.306 e. The van der Waals surface area contributed by atoms with Crippen molar-refractivity contribution in [1.29, 1.82) is 4.78 Å². The number of rotatable bonds is 7. The number of pyridine rings is 1. The molecule has 11 heteroatoms. The first-order chi connectivity index (χ1) is 16.6.